The molecular weight excluding hydrogens is 341 g/mol. The molecule has 0 saturated heterocycles. The van der Waals surface area contributed by atoms with E-state index < -0.39 is 16.9 Å². The van der Waals surface area contributed by atoms with Gasteiger partial charge in [-0.2, -0.15) is 0 Å². The van der Waals surface area contributed by atoms with Gasteiger partial charge in [-0.1, -0.05) is 24.8 Å². The SMILES string of the molecule is C=CC1=C(c2ccc(F)cc2)c2ccc(NS(=O)O)cc2OC1(C)C. The first kappa shape index (κ1) is 17.4. The summed E-state index contributed by atoms with van der Waals surface area (Å²) in [7, 11) is 0. The second-order valence-electron chi connectivity index (χ2n) is 6.17. The van der Waals surface area contributed by atoms with Gasteiger partial charge in [-0.05, 0) is 49.2 Å². The Morgan fingerprint density at radius 3 is 2.52 bits per heavy atom. The first-order valence-electron chi connectivity index (χ1n) is 7.66. The zero-order valence-corrected chi connectivity index (χ0v) is 14.7. The van der Waals surface area contributed by atoms with Crippen LogP contribution in [0.2, 0.25) is 0 Å². The minimum Gasteiger partial charge on any atom is -0.482 e. The average molecular weight is 359 g/mol. The molecule has 0 fully saturated rings. The molecule has 0 aliphatic carbocycles. The van der Waals surface area contributed by atoms with Crippen LogP contribution in [0.25, 0.3) is 5.57 Å². The molecule has 0 bridgehead atoms. The van der Waals surface area contributed by atoms with Crippen molar-refractivity contribution in [1.82, 2.24) is 0 Å². The Morgan fingerprint density at radius 1 is 1.24 bits per heavy atom. The van der Waals surface area contributed by atoms with Crippen molar-refractivity contribution in [1.29, 1.82) is 0 Å². The number of benzene rings is 2. The highest BCUT2D eigenvalue weighted by Crippen LogP contribution is 2.45. The molecule has 1 unspecified atom stereocenters. The molecule has 1 aliphatic rings. The molecule has 4 nitrogen and oxygen atoms in total. The zero-order chi connectivity index (χ0) is 18.2. The molecule has 1 aliphatic heterocycles. The summed E-state index contributed by atoms with van der Waals surface area (Å²) in [5.41, 5.74) is 3.26. The van der Waals surface area contributed by atoms with Crippen molar-refractivity contribution in [2.24, 2.45) is 0 Å². The molecular formula is C19H18FNO3S. The lowest BCUT2D eigenvalue weighted by atomic mass is 9.82. The fourth-order valence-electron chi connectivity index (χ4n) is 3.03. The number of fused-ring (bicyclic) bond motifs is 1. The molecule has 6 heteroatoms. The van der Waals surface area contributed by atoms with Gasteiger partial charge in [0.25, 0.3) is 11.3 Å². The summed E-state index contributed by atoms with van der Waals surface area (Å²) in [5.74, 6) is 0.270. The number of rotatable bonds is 4. The van der Waals surface area contributed by atoms with Gasteiger partial charge in [0, 0.05) is 17.2 Å². The average Bonchev–Trinajstić information content (AvgIpc) is 2.53. The third-order valence-corrected chi connectivity index (χ3v) is 4.49. The Hall–Kier alpha value is -2.44. The molecule has 0 saturated carbocycles. The minimum atomic E-state index is -2.17. The Kier molecular flexibility index (Phi) is 4.49. The van der Waals surface area contributed by atoms with E-state index in [4.69, 9.17) is 9.29 Å². The van der Waals surface area contributed by atoms with Gasteiger partial charge in [-0.25, -0.2) is 8.60 Å². The molecule has 0 aromatic heterocycles. The zero-order valence-electron chi connectivity index (χ0n) is 13.9. The Labute approximate surface area is 148 Å². The molecule has 3 rings (SSSR count). The van der Waals surface area contributed by atoms with Crippen LogP contribution >= 0.6 is 0 Å². The van der Waals surface area contributed by atoms with E-state index in [9.17, 15) is 8.60 Å². The van der Waals surface area contributed by atoms with Gasteiger partial charge in [0.1, 0.15) is 17.2 Å². The van der Waals surface area contributed by atoms with Crippen molar-refractivity contribution in [3.63, 3.8) is 0 Å². The van der Waals surface area contributed by atoms with Crippen LogP contribution in [0.5, 0.6) is 5.75 Å². The fraction of sp³-hybridized carbons (Fsp3) is 0.158. The lowest BCUT2D eigenvalue weighted by molar-refractivity contribution is 0.149. The van der Waals surface area contributed by atoms with E-state index in [0.717, 1.165) is 22.3 Å². The fourth-order valence-corrected chi connectivity index (χ4v) is 3.36. The van der Waals surface area contributed by atoms with E-state index >= 15 is 0 Å². The molecule has 130 valence electrons. The third kappa shape index (κ3) is 3.36. The standard InChI is InChI=1S/C19H18FNO3S/c1-4-16-18(12-5-7-13(20)8-6-12)15-10-9-14(21-25(22)23)11-17(15)24-19(16,2)3/h4-11,21H,1H2,2-3H3,(H,22,23). The summed E-state index contributed by atoms with van der Waals surface area (Å²) in [5, 5.41) is 0. The van der Waals surface area contributed by atoms with Crippen molar-refractivity contribution in [2.75, 3.05) is 4.72 Å². The number of nitrogens with one attached hydrogen (secondary N) is 1. The maximum Gasteiger partial charge on any atom is 0.259 e. The van der Waals surface area contributed by atoms with Crippen LogP contribution in [-0.4, -0.2) is 14.4 Å². The quantitative estimate of drug-likeness (QED) is 0.789. The Morgan fingerprint density at radius 2 is 1.92 bits per heavy atom. The normalized spacial score (nSPS) is 16.6. The van der Waals surface area contributed by atoms with Gasteiger partial charge < -0.3 is 4.74 Å². The van der Waals surface area contributed by atoms with Gasteiger partial charge in [0.2, 0.25) is 0 Å². The maximum absolute atomic E-state index is 13.3. The molecule has 0 radical (unpaired) electrons. The first-order chi connectivity index (χ1) is 11.8. The van der Waals surface area contributed by atoms with Crippen LogP contribution in [-0.2, 0) is 11.3 Å². The second-order valence-corrected chi connectivity index (χ2v) is 6.88. The van der Waals surface area contributed by atoms with Crippen LogP contribution in [0.15, 0.2) is 60.7 Å². The number of anilines is 1. The van der Waals surface area contributed by atoms with Crippen molar-refractivity contribution >= 4 is 22.5 Å². The highest BCUT2D eigenvalue weighted by atomic mass is 32.2. The van der Waals surface area contributed by atoms with Gasteiger partial charge >= 0.3 is 0 Å². The predicted molar refractivity (Wildman–Crippen MR) is 98.2 cm³/mol. The van der Waals surface area contributed by atoms with Crippen molar-refractivity contribution in [3.8, 4) is 5.75 Å². The molecule has 2 aromatic rings. The predicted octanol–water partition coefficient (Wildman–Crippen LogP) is 4.53. The molecule has 1 atom stereocenters. The minimum absolute atomic E-state index is 0.305. The number of halogens is 1. The van der Waals surface area contributed by atoms with Crippen LogP contribution < -0.4 is 9.46 Å². The summed E-state index contributed by atoms with van der Waals surface area (Å²) >= 11 is -2.17. The van der Waals surface area contributed by atoms with Gasteiger partial charge in [-0.3, -0.25) is 9.27 Å². The van der Waals surface area contributed by atoms with E-state index in [1.165, 1.54) is 12.1 Å². The van der Waals surface area contributed by atoms with E-state index in [2.05, 4.69) is 11.3 Å². The third-order valence-electron chi connectivity index (χ3n) is 4.08. The highest BCUT2D eigenvalue weighted by Gasteiger charge is 2.34. The van der Waals surface area contributed by atoms with Gasteiger partial charge in [-0.15, -0.1) is 0 Å². The van der Waals surface area contributed by atoms with E-state index in [1.54, 1.807) is 30.3 Å². The molecule has 2 aromatic carbocycles. The summed E-state index contributed by atoms with van der Waals surface area (Å²) < 4.78 is 41.9. The lowest BCUT2D eigenvalue weighted by Gasteiger charge is -2.36. The van der Waals surface area contributed by atoms with E-state index in [0.29, 0.717) is 11.4 Å². The summed E-state index contributed by atoms with van der Waals surface area (Å²) in [6.07, 6.45) is 1.75. The number of hydrogen-bond acceptors (Lipinski definition) is 2. The molecule has 2 N–H and O–H groups in total. The molecule has 0 amide bonds. The first-order valence-corrected chi connectivity index (χ1v) is 8.76. The topological polar surface area (TPSA) is 58.6 Å². The summed E-state index contributed by atoms with van der Waals surface area (Å²) in [6, 6.07) is 11.4. The van der Waals surface area contributed by atoms with E-state index in [1.807, 2.05) is 19.9 Å². The van der Waals surface area contributed by atoms with Crippen LogP contribution in [0.3, 0.4) is 0 Å². The monoisotopic (exact) mass is 359 g/mol. The van der Waals surface area contributed by atoms with Crippen molar-refractivity contribution in [3.05, 3.63) is 77.6 Å². The molecule has 0 spiro atoms. The Bertz CT molecular complexity index is 888. The van der Waals surface area contributed by atoms with Crippen LogP contribution in [0, 0.1) is 5.82 Å². The van der Waals surface area contributed by atoms with Gasteiger partial charge in [0.05, 0.1) is 5.69 Å². The molecule has 25 heavy (non-hydrogen) atoms. The van der Waals surface area contributed by atoms with Crippen molar-refractivity contribution in [2.45, 2.75) is 19.4 Å². The number of ether oxygens (including phenoxy) is 1. The number of hydrogen-bond donors (Lipinski definition) is 2. The Balaban J connectivity index is 2.22. The summed E-state index contributed by atoms with van der Waals surface area (Å²) in [6.45, 7) is 7.74. The maximum atomic E-state index is 13.3. The van der Waals surface area contributed by atoms with E-state index in [-0.39, 0.29) is 5.82 Å². The van der Waals surface area contributed by atoms with Crippen LogP contribution in [0.1, 0.15) is 25.0 Å². The molecule has 1 heterocycles. The second kappa shape index (κ2) is 6.46. The highest BCUT2D eigenvalue weighted by molar-refractivity contribution is 7.80. The summed E-state index contributed by atoms with van der Waals surface area (Å²) in [4.78, 5) is 0. The van der Waals surface area contributed by atoms with Crippen molar-refractivity contribution < 1.29 is 17.9 Å². The van der Waals surface area contributed by atoms with Crippen LogP contribution in [0.4, 0.5) is 10.1 Å². The largest absolute Gasteiger partial charge is 0.482 e. The smallest absolute Gasteiger partial charge is 0.259 e. The lowest BCUT2D eigenvalue weighted by Crippen LogP contribution is -2.34. The van der Waals surface area contributed by atoms with Gasteiger partial charge in [0.15, 0.2) is 0 Å².